The molecule has 0 radical (unpaired) electrons. The zero-order valence-corrected chi connectivity index (χ0v) is 19.1. The van der Waals surface area contributed by atoms with E-state index >= 15 is 0 Å². The van der Waals surface area contributed by atoms with E-state index in [4.69, 9.17) is 10.1 Å². The predicted octanol–water partition coefficient (Wildman–Crippen LogP) is 2.81. The summed E-state index contributed by atoms with van der Waals surface area (Å²) in [5, 5.41) is 33.4. The van der Waals surface area contributed by atoms with Crippen LogP contribution in [0.25, 0.3) is 22.5 Å². The number of aliphatic imine (C=N–C) groups is 1. The highest BCUT2D eigenvalue weighted by Crippen LogP contribution is 2.40. The van der Waals surface area contributed by atoms with Crippen molar-refractivity contribution in [1.29, 1.82) is 0 Å². The van der Waals surface area contributed by atoms with Crippen LogP contribution in [0.4, 0.5) is 0 Å². The number of aliphatic carboxylic acids is 1. The van der Waals surface area contributed by atoms with Crippen molar-refractivity contribution in [3.63, 3.8) is 0 Å². The van der Waals surface area contributed by atoms with E-state index in [0.29, 0.717) is 50.3 Å². The number of aliphatic hydroxyl groups excluding tert-OH is 1. The van der Waals surface area contributed by atoms with E-state index in [2.05, 4.69) is 20.6 Å². The van der Waals surface area contributed by atoms with Gasteiger partial charge in [-0.05, 0) is 41.2 Å². The standard InChI is InChI=1S/C25H26N6O4/c32-18-12-13-25(14-18)24(35)31(21(26-25)6-3-7-22(33)34)15-16-8-10-17(11-9-16)19-4-1-2-5-20(19)23-27-29-30-28-23/h1-2,4-5,8-11,18,32H,3,6-7,12-15H2,(H,33,34)(H,27,28,29,30). The lowest BCUT2D eigenvalue weighted by atomic mass is 9.97. The maximum atomic E-state index is 13.4. The van der Waals surface area contributed by atoms with Crippen LogP contribution in [0.3, 0.4) is 0 Å². The Kier molecular flexibility index (Phi) is 6.12. The van der Waals surface area contributed by atoms with Crippen molar-refractivity contribution in [3.8, 4) is 22.5 Å². The fourth-order valence-electron chi connectivity index (χ4n) is 4.95. The molecule has 0 bridgehead atoms. The Morgan fingerprint density at radius 1 is 1.14 bits per heavy atom. The summed E-state index contributed by atoms with van der Waals surface area (Å²) < 4.78 is 0. The van der Waals surface area contributed by atoms with Gasteiger partial charge in [-0.3, -0.25) is 19.5 Å². The molecule has 1 spiro atoms. The number of rotatable bonds is 8. The van der Waals surface area contributed by atoms with Crippen molar-refractivity contribution in [2.75, 3.05) is 0 Å². The first-order valence-electron chi connectivity index (χ1n) is 11.7. The number of nitrogens with zero attached hydrogens (tertiary/aromatic N) is 5. The first kappa shape index (κ1) is 22.9. The molecule has 1 amide bonds. The molecule has 1 aliphatic heterocycles. The van der Waals surface area contributed by atoms with Crippen molar-refractivity contribution in [2.45, 2.75) is 56.7 Å². The molecule has 2 aliphatic rings. The van der Waals surface area contributed by atoms with Crippen LogP contribution in [0.2, 0.25) is 0 Å². The number of nitrogens with one attached hydrogen (secondary N) is 1. The number of tetrazole rings is 1. The van der Waals surface area contributed by atoms with Gasteiger partial charge < -0.3 is 10.2 Å². The van der Waals surface area contributed by atoms with Crippen LogP contribution in [-0.4, -0.2) is 65.1 Å². The van der Waals surface area contributed by atoms with Crippen LogP contribution in [0.5, 0.6) is 0 Å². The lowest BCUT2D eigenvalue weighted by molar-refractivity contribution is -0.137. The van der Waals surface area contributed by atoms with Gasteiger partial charge in [0.25, 0.3) is 5.91 Å². The van der Waals surface area contributed by atoms with Gasteiger partial charge in [0.15, 0.2) is 0 Å². The molecule has 2 unspecified atom stereocenters. The average Bonchev–Trinajstić information content (AvgIpc) is 3.57. The fraction of sp³-hybridized carbons (Fsp3) is 0.360. The SMILES string of the molecule is O=C(O)CCCC1=NC2(CCC(O)C2)C(=O)N1Cc1ccc(-c2ccccc2-c2nn[nH]n2)cc1. The number of aliphatic hydroxyl groups is 1. The van der Waals surface area contributed by atoms with E-state index in [1.807, 2.05) is 48.5 Å². The van der Waals surface area contributed by atoms with E-state index in [9.17, 15) is 14.7 Å². The summed E-state index contributed by atoms with van der Waals surface area (Å²) in [5.74, 6) is 0.144. The lowest BCUT2D eigenvalue weighted by Crippen LogP contribution is -2.41. The highest BCUT2D eigenvalue weighted by Gasteiger charge is 2.51. The number of aromatic amines is 1. The number of carbonyl (C=O) groups excluding carboxylic acids is 1. The minimum absolute atomic E-state index is 0.0190. The average molecular weight is 475 g/mol. The van der Waals surface area contributed by atoms with E-state index in [-0.39, 0.29) is 12.3 Å². The predicted molar refractivity (Wildman–Crippen MR) is 127 cm³/mol. The summed E-state index contributed by atoms with van der Waals surface area (Å²) in [6.07, 6.45) is 1.66. The summed E-state index contributed by atoms with van der Waals surface area (Å²) >= 11 is 0. The highest BCUT2D eigenvalue weighted by molar-refractivity contribution is 6.08. The number of H-pyrrole nitrogens is 1. The maximum absolute atomic E-state index is 13.4. The first-order valence-corrected chi connectivity index (χ1v) is 11.7. The normalized spacial score (nSPS) is 21.6. The molecule has 3 N–H and O–H groups in total. The minimum atomic E-state index is -0.915. The number of amidine groups is 1. The molecule has 180 valence electrons. The van der Waals surface area contributed by atoms with E-state index < -0.39 is 17.6 Å². The number of carboxylic acids is 1. The molecule has 1 aromatic heterocycles. The minimum Gasteiger partial charge on any atom is -0.481 e. The van der Waals surface area contributed by atoms with Crippen LogP contribution in [-0.2, 0) is 16.1 Å². The largest absolute Gasteiger partial charge is 0.481 e. The zero-order chi connectivity index (χ0) is 24.4. The van der Waals surface area contributed by atoms with Gasteiger partial charge in [0.05, 0.1) is 12.6 Å². The maximum Gasteiger partial charge on any atom is 0.303 e. The second-order valence-corrected chi connectivity index (χ2v) is 9.07. The molecular formula is C25H26N6O4. The zero-order valence-electron chi connectivity index (χ0n) is 19.1. The highest BCUT2D eigenvalue weighted by atomic mass is 16.4. The molecule has 1 fully saturated rings. The van der Waals surface area contributed by atoms with Crippen molar-refractivity contribution < 1.29 is 19.8 Å². The molecule has 2 aromatic carbocycles. The molecule has 0 saturated heterocycles. The number of hydrogen-bond acceptors (Lipinski definition) is 7. The number of amides is 1. The Morgan fingerprint density at radius 2 is 1.91 bits per heavy atom. The Bertz CT molecular complexity index is 1260. The summed E-state index contributed by atoms with van der Waals surface area (Å²) in [6.45, 7) is 0.343. The molecule has 2 atom stereocenters. The monoisotopic (exact) mass is 474 g/mol. The quantitative estimate of drug-likeness (QED) is 0.455. The van der Waals surface area contributed by atoms with Crippen LogP contribution in [0.1, 0.15) is 44.1 Å². The van der Waals surface area contributed by atoms with Gasteiger partial charge >= 0.3 is 5.97 Å². The van der Waals surface area contributed by atoms with Crippen LogP contribution in [0, 0.1) is 0 Å². The molecule has 10 nitrogen and oxygen atoms in total. The molecular weight excluding hydrogens is 448 g/mol. The van der Waals surface area contributed by atoms with Crippen LogP contribution < -0.4 is 0 Å². The third-order valence-electron chi connectivity index (χ3n) is 6.67. The summed E-state index contributed by atoms with van der Waals surface area (Å²) in [6, 6.07) is 15.7. The summed E-state index contributed by atoms with van der Waals surface area (Å²) in [7, 11) is 0. The summed E-state index contributed by atoms with van der Waals surface area (Å²) in [4.78, 5) is 30.8. The van der Waals surface area contributed by atoms with Crippen molar-refractivity contribution in [3.05, 3.63) is 54.1 Å². The van der Waals surface area contributed by atoms with Crippen molar-refractivity contribution in [1.82, 2.24) is 25.5 Å². The van der Waals surface area contributed by atoms with Crippen molar-refractivity contribution in [2.24, 2.45) is 4.99 Å². The molecule has 1 saturated carbocycles. The molecule has 5 rings (SSSR count). The third-order valence-corrected chi connectivity index (χ3v) is 6.67. The van der Waals surface area contributed by atoms with E-state index in [1.54, 1.807) is 4.90 Å². The van der Waals surface area contributed by atoms with Crippen molar-refractivity contribution >= 4 is 17.7 Å². The second kappa shape index (κ2) is 9.38. The van der Waals surface area contributed by atoms with Gasteiger partial charge in [-0.1, -0.05) is 48.5 Å². The number of hydrogen-bond donors (Lipinski definition) is 3. The number of carboxylic acid groups (broad SMARTS) is 1. The molecule has 35 heavy (non-hydrogen) atoms. The van der Waals surface area contributed by atoms with Crippen LogP contribution >= 0.6 is 0 Å². The Labute approximate surface area is 201 Å². The van der Waals surface area contributed by atoms with Crippen LogP contribution in [0.15, 0.2) is 53.5 Å². The fourth-order valence-corrected chi connectivity index (χ4v) is 4.95. The van der Waals surface area contributed by atoms with Gasteiger partial charge in [-0.2, -0.15) is 5.21 Å². The summed E-state index contributed by atoms with van der Waals surface area (Å²) in [5.41, 5.74) is 2.82. The number of carbonyl (C=O) groups is 2. The van der Waals surface area contributed by atoms with E-state index in [1.165, 1.54) is 0 Å². The number of aromatic nitrogens is 4. The smallest absolute Gasteiger partial charge is 0.303 e. The van der Waals surface area contributed by atoms with Gasteiger partial charge in [-0.15, -0.1) is 10.2 Å². The lowest BCUT2D eigenvalue weighted by Gasteiger charge is -2.23. The second-order valence-electron chi connectivity index (χ2n) is 9.07. The van der Waals surface area contributed by atoms with Gasteiger partial charge in [0.1, 0.15) is 11.4 Å². The number of benzene rings is 2. The van der Waals surface area contributed by atoms with E-state index in [0.717, 1.165) is 22.3 Å². The van der Waals surface area contributed by atoms with Gasteiger partial charge in [-0.25, -0.2) is 0 Å². The Morgan fingerprint density at radius 3 is 2.57 bits per heavy atom. The first-order chi connectivity index (χ1) is 16.9. The van der Waals surface area contributed by atoms with Gasteiger partial charge in [0, 0.05) is 24.8 Å². The molecule has 3 aromatic rings. The van der Waals surface area contributed by atoms with Gasteiger partial charge in [0.2, 0.25) is 5.82 Å². The topological polar surface area (TPSA) is 145 Å². The molecule has 2 heterocycles. The molecule has 1 aliphatic carbocycles. The Balaban J connectivity index is 1.37. The third kappa shape index (κ3) is 4.57. The molecule has 10 heteroatoms. The Hall–Kier alpha value is -3.92.